The van der Waals surface area contributed by atoms with Gasteiger partial charge in [-0.15, -0.1) is 0 Å². The van der Waals surface area contributed by atoms with E-state index in [4.69, 9.17) is 14.7 Å². The van der Waals surface area contributed by atoms with Crippen molar-refractivity contribution in [1.82, 2.24) is 5.43 Å². The maximum Gasteiger partial charge on any atom is 0.315 e. The van der Waals surface area contributed by atoms with Crippen molar-refractivity contribution in [2.45, 2.75) is 0 Å². The largest absolute Gasteiger partial charge is 0.500 e. The lowest BCUT2D eigenvalue weighted by Crippen LogP contribution is -2.24. The van der Waals surface area contributed by atoms with Crippen LogP contribution in [-0.2, 0) is 4.79 Å². The molecular weight excluding hydrogens is 356 g/mol. The number of amides is 1. The van der Waals surface area contributed by atoms with Gasteiger partial charge in [0.05, 0.1) is 29.9 Å². The van der Waals surface area contributed by atoms with E-state index >= 15 is 0 Å². The molecule has 0 saturated heterocycles. The minimum Gasteiger partial charge on any atom is -0.500 e. The van der Waals surface area contributed by atoms with E-state index < -0.39 is 22.3 Å². The van der Waals surface area contributed by atoms with Gasteiger partial charge in [0.1, 0.15) is 5.75 Å². The highest BCUT2D eigenvalue weighted by Crippen LogP contribution is 2.36. The Labute approximate surface area is 153 Å². The highest BCUT2D eigenvalue weighted by molar-refractivity contribution is 5.85. The Balaban J connectivity index is 1.96. The molecule has 10 nitrogen and oxygen atoms in total. The molecular formula is C17H14N4O6. The maximum atomic E-state index is 11.7. The second kappa shape index (κ2) is 8.82. The molecule has 0 radical (unpaired) electrons. The van der Waals surface area contributed by atoms with Gasteiger partial charge in [-0.25, -0.2) is 5.43 Å². The van der Waals surface area contributed by atoms with Gasteiger partial charge < -0.3 is 14.6 Å². The fourth-order valence-corrected chi connectivity index (χ4v) is 1.97. The van der Waals surface area contributed by atoms with Crippen molar-refractivity contribution in [2.75, 3.05) is 13.7 Å². The molecule has 0 saturated carbocycles. The molecule has 27 heavy (non-hydrogen) atoms. The number of carbonyl (C=O) groups is 1. The minimum absolute atomic E-state index is 0.0962. The van der Waals surface area contributed by atoms with E-state index in [1.807, 2.05) is 6.07 Å². The predicted octanol–water partition coefficient (Wildman–Crippen LogP) is 1.71. The zero-order valence-corrected chi connectivity index (χ0v) is 14.1. The van der Waals surface area contributed by atoms with Gasteiger partial charge in [-0.2, -0.15) is 10.4 Å². The molecule has 2 aromatic carbocycles. The molecule has 0 bridgehead atoms. The monoisotopic (exact) mass is 370 g/mol. The van der Waals surface area contributed by atoms with E-state index in [-0.39, 0.29) is 17.9 Å². The summed E-state index contributed by atoms with van der Waals surface area (Å²) in [6.45, 7) is -0.317. The third kappa shape index (κ3) is 5.17. The zero-order valence-electron chi connectivity index (χ0n) is 14.1. The Morgan fingerprint density at radius 1 is 1.41 bits per heavy atom. The number of nitrogens with one attached hydrogen (secondary N) is 1. The van der Waals surface area contributed by atoms with Crippen molar-refractivity contribution >= 4 is 17.8 Å². The van der Waals surface area contributed by atoms with Crippen molar-refractivity contribution in [3.63, 3.8) is 0 Å². The first kappa shape index (κ1) is 19.2. The van der Waals surface area contributed by atoms with Crippen molar-refractivity contribution < 1.29 is 24.3 Å². The van der Waals surface area contributed by atoms with Crippen molar-refractivity contribution in [3.8, 4) is 23.3 Å². The Morgan fingerprint density at radius 2 is 2.11 bits per heavy atom. The number of nitriles is 1. The summed E-state index contributed by atoms with van der Waals surface area (Å²) >= 11 is 0. The van der Waals surface area contributed by atoms with Gasteiger partial charge in [-0.3, -0.25) is 14.9 Å². The molecule has 0 aliphatic carbocycles. The smallest absolute Gasteiger partial charge is 0.315 e. The summed E-state index contributed by atoms with van der Waals surface area (Å²) in [7, 11) is 1.25. The molecule has 0 aliphatic heterocycles. The fourth-order valence-electron chi connectivity index (χ4n) is 1.97. The number of nitrogens with zero attached hydrogens (tertiary/aromatic N) is 3. The molecule has 2 rings (SSSR count). The van der Waals surface area contributed by atoms with Crippen LogP contribution in [0.1, 0.15) is 11.1 Å². The van der Waals surface area contributed by atoms with Gasteiger partial charge in [-0.1, -0.05) is 0 Å². The Hall–Kier alpha value is -4.13. The zero-order chi connectivity index (χ0) is 19.8. The second-order valence-corrected chi connectivity index (χ2v) is 5.07. The number of phenols is 1. The molecule has 2 N–H and O–H groups in total. The van der Waals surface area contributed by atoms with Crippen molar-refractivity contribution in [2.24, 2.45) is 5.10 Å². The van der Waals surface area contributed by atoms with E-state index in [9.17, 15) is 20.0 Å². The number of hydrazone groups is 1. The minimum atomic E-state index is -0.765. The summed E-state index contributed by atoms with van der Waals surface area (Å²) in [6, 6.07) is 10.6. The van der Waals surface area contributed by atoms with Crippen molar-refractivity contribution in [3.05, 3.63) is 57.6 Å². The SMILES string of the molecule is COc1cc(/C=N/NC(=O)COc2ccc(C#N)cc2)cc([N+](=O)[O-])c1O. The van der Waals surface area contributed by atoms with Gasteiger partial charge >= 0.3 is 5.69 Å². The standard InChI is InChI=1S/C17H14N4O6/c1-26-15-7-12(6-14(17(15)23)21(24)25)9-19-20-16(22)10-27-13-4-2-11(8-18)3-5-13/h2-7,9,23H,10H2,1H3,(H,20,22)/b19-9+. The number of aromatic hydroxyl groups is 1. The molecule has 0 atom stereocenters. The lowest BCUT2D eigenvalue weighted by atomic mass is 10.2. The molecule has 0 spiro atoms. The predicted molar refractivity (Wildman–Crippen MR) is 93.7 cm³/mol. The van der Waals surface area contributed by atoms with Crippen LogP contribution in [0.3, 0.4) is 0 Å². The van der Waals surface area contributed by atoms with Gasteiger partial charge in [0, 0.05) is 11.6 Å². The van der Waals surface area contributed by atoms with E-state index in [0.717, 1.165) is 12.3 Å². The summed E-state index contributed by atoms with van der Waals surface area (Å²) in [5, 5.41) is 33.0. The number of ether oxygens (including phenoxy) is 2. The highest BCUT2D eigenvalue weighted by Gasteiger charge is 2.19. The third-order valence-electron chi connectivity index (χ3n) is 3.25. The second-order valence-electron chi connectivity index (χ2n) is 5.07. The Bertz CT molecular complexity index is 918. The summed E-state index contributed by atoms with van der Waals surface area (Å²) in [5.41, 5.74) is 2.36. The summed E-state index contributed by atoms with van der Waals surface area (Å²) in [6.07, 6.45) is 1.16. The van der Waals surface area contributed by atoms with Crippen LogP contribution in [0.15, 0.2) is 41.5 Å². The number of rotatable bonds is 7. The van der Waals surface area contributed by atoms with Gasteiger partial charge in [0.2, 0.25) is 5.75 Å². The maximum absolute atomic E-state index is 11.7. The molecule has 2 aromatic rings. The normalized spacial score (nSPS) is 10.2. The first-order valence-electron chi connectivity index (χ1n) is 7.45. The highest BCUT2D eigenvalue weighted by atomic mass is 16.6. The number of nitro groups is 1. The summed E-state index contributed by atoms with van der Waals surface area (Å²) in [5.74, 6) is -0.844. The lowest BCUT2D eigenvalue weighted by Gasteiger charge is -2.06. The quantitative estimate of drug-likeness (QED) is 0.428. The molecule has 0 fully saturated rings. The van der Waals surface area contributed by atoms with Gasteiger partial charge in [0.25, 0.3) is 5.91 Å². The van der Waals surface area contributed by atoms with Crippen LogP contribution in [0, 0.1) is 21.4 Å². The van der Waals surface area contributed by atoms with E-state index in [2.05, 4.69) is 10.5 Å². The molecule has 10 heteroatoms. The van der Waals surface area contributed by atoms with Crippen LogP contribution in [0.25, 0.3) is 0 Å². The third-order valence-corrected chi connectivity index (χ3v) is 3.25. The fraction of sp³-hybridized carbons (Fsp3) is 0.118. The van der Waals surface area contributed by atoms with Crippen LogP contribution in [0.4, 0.5) is 5.69 Å². The van der Waals surface area contributed by atoms with Gasteiger partial charge in [-0.05, 0) is 30.3 Å². The van der Waals surface area contributed by atoms with Crippen LogP contribution < -0.4 is 14.9 Å². The summed E-state index contributed by atoms with van der Waals surface area (Å²) < 4.78 is 10.1. The molecule has 1 amide bonds. The number of hydrogen-bond donors (Lipinski definition) is 2. The molecule has 0 heterocycles. The molecule has 138 valence electrons. The topological polar surface area (TPSA) is 147 Å². The van der Waals surface area contributed by atoms with E-state index in [1.165, 1.54) is 13.2 Å². The number of nitro benzene ring substituents is 1. The first-order chi connectivity index (χ1) is 12.9. The van der Waals surface area contributed by atoms with E-state index in [0.29, 0.717) is 11.3 Å². The Morgan fingerprint density at radius 3 is 2.70 bits per heavy atom. The number of phenolic OH excluding ortho intramolecular Hbond substituents is 1. The average molecular weight is 370 g/mol. The number of hydrogen-bond acceptors (Lipinski definition) is 8. The van der Waals surface area contributed by atoms with E-state index in [1.54, 1.807) is 24.3 Å². The summed E-state index contributed by atoms with van der Waals surface area (Å²) in [4.78, 5) is 21.9. The Kier molecular flexibility index (Phi) is 6.27. The number of carbonyl (C=O) groups excluding carboxylic acids is 1. The van der Waals surface area contributed by atoms with Crippen LogP contribution in [0.2, 0.25) is 0 Å². The molecule has 0 aliphatic rings. The first-order valence-corrected chi connectivity index (χ1v) is 7.45. The van der Waals surface area contributed by atoms with Gasteiger partial charge in [0.15, 0.2) is 12.4 Å². The molecule has 0 unspecified atom stereocenters. The number of methoxy groups -OCH3 is 1. The lowest BCUT2D eigenvalue weighted by molar-refractivity contribution is -0.386. The van der Waals surface area contributed by atoms with Crippen molar-refractivity contribution in [1.29, 1.82) is 5.26 Å². The molecule has 0 aromatic heterocycles. The average Bonchev–Trinajstić information content (AvgIpc) is 2.67. The van der Waals surface area contributed by atoms with Crippen LogP contribution in [-0.4, -0.2) is 35.9 Å². The number of benzene rings is 2. The van der Waals surface area contributed by atoms with Crippen LogP contribution >= 0.6 is 0 Å². The van der Waals surface area contributed by atoms with Crippen LogP contribution in [0.5, 0.6) is 17.2 Å².